The molecule has 0 aliphatic carbocycles. The third-order valence-electron chi connectivity index (χ3n) is 4.60. The van der Waals surface area contributed by atoms with E-state index >= 15 is 0 Å². The molecule has 2 aliphatic heterocycles. The molecule has 2 atom stereocenters. The molecule has 34 heavy (non-hydrogen) atoms. The first-order chi connectivity index (χ1) is 15.5. The summed E-state index contributed by atoms with van der Waals surface area (Å²) in [6, 6.07) is -1.47. The summed E-state index contributed by atoms with van der Waals surface area (Å²) in [5, 5.41) is 0. The van der Waals surface area contributed by atoms with Gasteiger partial charge in [0.25, 0.3) is 0 Å². The normalized spacial score (nSPS) is 20.4. The fourth-order valence-electron chi connectivity index (χ4n) is 3.21. The second-order valence-electron chi connectivity index (χ2n) is 9.99. The molecule has 2 amide bonds. The average molecular weight is 485 g/mol. The molecule has 2 heterocycles. The zero-order valence-corrected chi connectivity index (χ0v) is 21.3. The first-order valence-electron chi connectivity index (χ1n) is 10.8. The third kappa shape index (κ3) is 8.68. The van der Waals surface area contributed by atoms with Gasteiger partial charge in [-0.05, 0) is 41.5 Å². The molecular weight excluding hydrogens is 448 g/mol. The Morgan fingerprint density at radius 3 is 1.53 bits per heavy atom. The molecule has 0 aromatic carbocycles. The van der Waals surface area contributed by atoms with Gasteiger partial charge in [-0.3, -0.25) is 14.6 Å². The number of esters is 2. The Bertz CT molecular complexity index is 755. The Balaban J connectivity index is 0.000000340. The number of Topliss-reactive ketones (excluding diaryl/α,β-unsaturated/α-hetero) is 1. The minimum Gasteiger partial charge on any atom is -0.467 e. The second kappa shape index (κ2) is 11.3. The van der Waals surface area contributed by atoms with Crippen LogP contribution in [0.3, 0.4) is 0 Å². The topological polar surface area (TPSA) is 129 Å². The largest absolute Gasteiger partial charge is 0.467 e. The number of carbonyl (C=O) groups excluding carboxylic acids is 5. The molecule has 192 valence electrons. The molecule has 2 fully saturated rings. The first-order valence-corrected chi connectivity index (χ1v) is 10.8. The lowest BCUT2D eigenvalue weighted by molar-refractivity contribution is -0.146. The summed E-state index contributed by atoms with van der Waals surface area (Å²) in [7, 11) is 2.52. The molecule has 0 saturated carbocycles. The SMILES string of the molecule is C=C1C[C@@H](C(=O)OC)N(C(=O)OC(C)(C)C)C1.COC(=O)[C@@H]1CC(=O)CN1C(=O)OC(C)(C)C. The fraction of sp³-hybridized carbons (Fsp3) is 0.696. The van der Waals surface area contributed by atoms with Gasteiger partial charge in [-0.1, -0.05) is 12.2 Å². The van der Waals surface area contributed by atoms with Crippen LogP contribution in [0.5, 0.6) is 0 Å². The van der Waals surface area contributed by atoms with Gasteiger partial charge in [0.05, 0.1) is 20.8 Å². The number of ketones is 1. The van der Waals surface area contributed by atoms with E-state index in [0.29, 0.717) is 13.0 Å². The summed E-state index contributed by atoms with van der Waals surface area (Å²) in [5.41, 5.74) is -0.420. The molecule has 0 spiro atoms. The van der Waals surface area contributed by atoms with Gasteiger partial charge in [0, 0.05) is 19.4 Å². The van der Waals surface area contributed by atoms with Gasteiger partial charge in [-0.2, -0.15) is 0 Å². The monoisotopic (exact) mass is 484 g/mol. The van der Waals surface area contributed by atoms with E-state index in [-0.39, 0.29) is 18.7 Å². The van der Waals surface area contributed by atoms with E-state index in [9.17, 15) is 24.0 Å². The fourth-order valence-corrected chi connectivity index (χ4v) is 3.21. The van der Waals surface area contributed by atoms with Crippen LogP contribution in [0, 0.1) is 0 Å². The summed E-state index contributed by atoms with van der Waals surface area (Å²) in [5.74, 6) is -1.21. The van der Waals surface area contributed by atoms with Crippen LogP contribution in [0.25, 0.3) is 0 Å². The highest BCUT2D eigenvalue weighted by Crippen LogP contribution is 2.24. The van der Waals surface area contributed by atoms with E-state index < -0.39 is 47.4 Å². The molecule has 2 aliphatic rings. The molecule has 2 rings (SSSR count). The molecule has 2 saturated heterocycles. The van der Waals surface area contributed by atoms with Crippen LogP contribution in [0.2, 0.25) is 0 Å². The molecule has 0 N–H and O–H groups in total. The summed E-state index contributed by atoms with van der Waals surface area (Å²) in [6.45, 7) is 14.5. The minimum absolute atomic E-state index is 0.00802. The summed E-state index contributed by atoms with van der Waals surface area (Å²) < 4.78 is 19.6. The number of methoxy groups -OCH3 is 2. The Morgan fingerprint density at radius 1 is 0.765 bits per heavy atom. The number of ether oxygens (including phenoxy) is 4. The van der Waals surface area contributed by atoms with Crippen molar-refractivity contribution < 1.29 is 42.9 Å². The van der Waals surface area contributed by atoms with Crippen LogP contribution in [-0.4, -0.2) is 90.3 Å². The van der Waals surface area contributed by atoms with Gasteiger partial charge in [0.1, 0.15) is 23.3 Å². The van der Waals surface area contributed by atoms with Gasteiger partial charge >= 0.3 is 24.1 Å². The highest BCUT2D eigenvalue weighted by Gasteiger charge is 2.41. The Kier molecular flexibility index (Phi) is 9.65. The number of rotatable bonds is 2. The second-order valence-corrected chi connectivity index (χ2v) is 9.99. The lowest BCUT2D eigenvalue weighted by Gasteiger charge is -2.27. The van der Waals surface area contributed by atoms with Gasteiger partial charge in [0.2, 0.25) is 0 Å². The van der Waals surface area contributed by atoms with Crippen molar-refractivity contribution in [1.82, 2.24) is 9.80 Å². The van der Waals surface area contributed by atoms with E-state index in [2.05, 4.69) is 16.1 Å². The van der Waals surface area contributed by atoms with Gasteiger partial charge in [-0.15, -0.1) is 0 Å². The van der Waals surface area contributed by atoms with E-state index in [0.717, 1.165) is 10.5 Å². The highest BCUT2D eigenvalue weighted by atomic mass is 16.6. The summed E-state index contributed by atoms with van der Waals surface area (Å²) >= 11 is 0. The maximum Gasteiger partial charge on any atom is 0.411 e. The molecular formula is C23H36N2O9. The predicted molar refractivity (Wildman–Crippen MR) is 121 cm³/mol. The molecule has 0 aromatic rings. The lowest BCUT2D eigenvalue weighted by Crippen LogP contribution is -2.43. The van der Waals surface area contributed by atoms with Gasteiger partial charge < -0.3 is 18.9 Å². The van der Waals surface area contributed by atoms with Crippen LogP contribution in [0.1, 0.15) is 54.4 Å². The summed E-state index contributed by atoms with van der Waals surface area (Å²) in [6.07, 6.45) is -0.747. The molecule has 0 unspecified atom stereocenters. The van der Waals surface area contributed by atoms with Crippen molar-refractivity contribution in [2.45, 2.75) is 77.7 Å². The van der Waals surface area contributed by atoms with E-state index in [4.69, 9.17) is 9.47 Å². The van der Waals surface area contributed by atoms with Crippen LogP contribution < -0.4 is 0 Å². The number of carbonyl (C=O) groups is 5. The zero-order valence-electron chi connectivity index (χ0n) is 21.3. The van der Waals surface area contributed by atoms with E-state index in [1.165, 1.54) is 19.1 Å². The van der Waals surface area contributed by atoms with Crippen molar-refractivity contribution in [2.24, 2.45) is 0 Å². The van der Waals surface area contributed by atoms with Crippen LogP contribution >= 0.6 is 0 Å². The van der Waals surface area contributed by atoms with Crippen LogP contribution in [-0.2, 0) is 33.3 Å². The van der Waals surface area contributed by atoms with Crippen molar-refractivity contribution in [2.75, 3.05) is 27.3 Å². The van der Waals surface area contributed by atoms with Crippen molar-refractivity contribution in [3.05, 3.63) is 12.2 Å². The standard InChI is InChI=1S/C12H19NO4.C11H17NO5/c1-8-6-9(10(14)16-5)13(7-8)11(15)17-12(2,3)4;1-11(2,3)17-10(15)12-6-7(13)5-8(12)9(14)16-4/h9H,1,6-7H2,2-5H3;8H,5-6H2,1-4H3/t9-;8-/m00/s1. The Morgan fingerprint density at radius 2 is 1.15 bits per heavy atom. The van der Waals surface area contributed by atoms with Crippen molar-refractivity contribution >= 4 is 29.9 Å². The molecule has 0 aromatic heterocycles. The molecule has 11 heteroatoms. The molecule has 0 radical (unpaired) electrons. The predicted octanol–water partition coefficient (Wildman–Crippen LogP) is 2.46. The minimum atomic E-state index is -0.859. The average Bonchev–Trinajstić information content (AvgIpc) is 3.27. The van der Waals surface area contributed by atoms with Gasteiger partial charge in [0.15, 0.2) is 5.78 Å². The van der Waals surface area contributed by atoms with Crippen molar-refractivity contribution in [3.63, 3.8) is 0 Å². The number of hydrogen-bond acceptors (Lipinski definition) is 9. The maximum atomic E-state index is 11.9. The third-order valence-corrected chi connectivity index (χ3v) is 4.60. The zero-order chi connectivity index (χ0) is 26.4. The quantitative estimate of drug-likeness (QED) is 0.330. The number of amides is 2. The smallest absolute Gasteiger partial charge is 0.411 e. The van der Waals surface area contributed by atoms with E-state index in [1.807, 2.05) is 0 Å². The van der Waals surface area contributed by atoms with Crippen molar-refractivity contribution in [3.8, 4) is 0 Å². The first kappa shape index (κ1) is 28.9. The van der Waals surface area contributed by atoms with E-state index in [1.54, 1.807) is 41.5 Å². The molecule has 11 nitrogen and oxygen atoms in total. The number of nitrogens with zero attached hydrogens (tertiary/aromatic N) is 2. The molecule has 0 bridgehead atoms. The summed E-state index contributed by atoms with van der Waals surface area (Å²) in [4.78, 5) is 60.4. The number of hydrogen-bond donors (Lipinski definition) is 0. The highest BCUT2D eigenvalue weighted by molar-refractivity contribution is 5.95. The Labute approximate surface area is 200 Å². The van der Waals surface area contributed by atoms with Crippen LogP contribution in [0.15, 0.2) is 12.2 Å². The Hall–Kier alpha value is -3.11. The van der Waals surface area contributed by atoms with Crippen LogP contribution in [0.4, 0.5) is 9.59 Å². The maximum absolute atomic E-state index is 11.9. The van der Waals surface area contributed by atoms with Gasteiger partial charge in [-0.25, -0.2) is 19.2 Å². The number of likely N-dealkylation sites (tertiary alicyclic amines) is 2. The van der Waals surface area contributed by atoms with Crippen molar-refractivity contribution in [1.29, 1.82) is 0 Å². The lowest BCUT2D eigenvalue weighted by atomic mass is 10.2.